The molecular formula is C10H11Cl2NSiZr. The van der Waals surface area contributed by atoms with Crippen LogP contribution in [-0.2, 0) is 26.2 Å². The van der Waals surface area contributed by atoms with Gasteiger partial charge in [0, 0.05) is 32.0 Å². The van der Waals surface area contributed by atoms with E-state index in [0.717, 1.165) is 0 Å². The summed E-state index contributed by atoms with van der Waals surface area (Å²) >= 11 is 0. The van der Waals surface area contributed by atoms with E-state index in [1.165, 1.54) is 16.7 Å². The van der Waals surface area contributed by atoms with Crippen LogP contribution in [0.5, 0.6) is 0 Å². The van der Waals surface area contributed by atoms with E-state index >= 15 is 0 Å². The maximum Gasteiger partial charge on any atom is 2.00 e. The minimum atomic E-state index is -0.257. The molecule has 0 atom stereocenters. The van der Waals surface area contributed by atoms with Crippen molar-refractivity contribution in [2.24, 2.45) is 4.99 Å². The maximum atomic E-state index is 4.08. The monoisotopic (exact) mass is 333 g/mol. The normalized spacial score (nSPS) is 14.7. The Morgan fingerprint density at radius 3 is 2.33 bits per heavy atom. The summed E-state index contributed by atoms with van der Waals surface area (Å²) in [4.78, 5) is 4.08. The number of halogens is 2. The van der Waals surface area contributed by atoms with Crippen LogP contribution in [0.2, 0.25) is 13.1 Å². The molecule has 0 unspecified atom stereocenters. The SMILES string of the molecule is C[Si](C)=CC1=CC2=CN=CC2=C1.[Cl-].[Cl-].[Zr+2]. The zero-order chi connectivity index (χ0) is 8.55. The minimum Gasteiger partial charge on any atom is -1.00 e. The van der Waals surface area contributed by atoms with Crippen LogP contribution < -0.4 is 24.8 Å². The molecule has 0 aromatic rings. The minimum absolute atomic E-state index is 0. The van der Waals surface area contributed by atoms with Gasteiger partial charge in [0.1, 0.15) is 0 Å². The third-order valence-electron chi connectivity index (χ3n) is 1.86. The molecule has 78 valence electrons. The fraction of sp³-hybridized carbons (Fsp3) is 0.200. The third-order valence-corrected chi connectivity index (χ3v) is 2.77. The Bertz CT molecular complexity index is 377. The van der Waals surface area contributed by atoms with E-state index in [1.807, 2.05) is 12.4 Å². The molecule has 0 bridgehead atoms. The molecule has 0 amide bonds. The Balaban J connectivity index is 0. The molecule has 0 aromatic heterocycles. The van der Waals surface area contributed by atoms with Crippen molar-refractivity contribution in [3.05, 3.63) is 35.1 Å². The molecule has 1 aliphatic heterocycles. The van der Waals surface area contributed by atoms with Gasteiger partial charge >= 0.3 is 26.2 Å². The first kappa shape index (κ1) is 17.8. The largest absolute Gasteiger partial charge is 2.00 e. The predicted molar refractivity (Wildman–Crippen MR) is 56.3 cm³/mol. The van der Waals surface area contributed by atoms with E-state index in [9.17, 15) is 0 Å². The molecule has 2 rings (SSSR count). The summed E-state index contributed by atoms with van der Waals surface area (Å²) in [5.74, 6) is 0. The molecular weight excluding hydrogens is 324 g/mol. The quantitative estimate of drug-likeness (QED) is 0.433. The molecule has 1 nitrogen and oxygen atoms in total. The van der Waals surface area contributed by atoms with Gasteiger partial charge in [0.2, 0.25) is 0 Å². The second kappa shape index (κ2) is 7.67. The number of hydrogen-bond donors (Lipinski definition) is 0. The van der Waals surface area contributed by atoms with E-state index in [0.29, 0.717) is 0 Å². The molecule has 0 spiro atoms. The van der Waals surface area contributed by atoms with Crippen molar-refractivity contribution in [3.8, 4) is 0 Å². The average molecular weight is 335 g/mol. The number of aliphatic imine (C=N–C) groups is 1. The topological polar surface area (TPSA) is 12.4 Å². The molecule has 15 heavy (non-hydrogen) atoms. The van der Waals surface area contributed by atoms with Gasteiger partial charge in [0.15, 0.2) is 0 Å². The van der Waals surface area contributed by atoms with E-state index in [4.69, 9.17) is 0 Å². The van der Waals surface area contributed by atoms with Crippen molar-refractivity contribution in [3.63, 3.8) is 0 Å². The first-order valence-corrected chi connectivity index (χ1v) is 6.65. The van der Waals surface area contributed by atoms with Crippen LogP contribution in [0, 0.1) is 0 Å². The van der Waals surface area contributed by atoms with Crippen molar-refractivity contribution in [1.29, 1.82) is 0 Å². The fourth-order valence-corrected chi connectivity index (χ4v) is 2.24. The van der Waals surface area contributed by atoms with Crippen LogP contribution in [0.3, 0.4) is 0 Å². The summed E-state index contributed by atoms with van der Waals surface area (Å²) < 4.78 is 0. The second-order valence-corrected chi connectivity index (χ2v) is 5.77. The van der Waals surface area contributed by atoms with Crippen LogP contribution >= 0.6 is 0 Å². The summed E-state index contributed by atoms with van der Waals surface area (Å²) in [7, 11) is -0.257. The van der Waals surface area contributed by atoms with E-state index in [-0.39, 0.29) is 59.4 Å². The molecule has 2 aliphatic rings. The van der Waals surface area contributed by atoms with Crippen LogP contribution in [0.15, 0.2) is 40.1 Å². The average Bonchev–Trinajstić information content (AvgIpc) is 2.43. The van der Waals surface area contributed by atoms with Gasteiger partial charge in [-0.1, -0.05) is 18.8 Å². The van der Waals surface area contributed by atoms with Crippen LogP contribution in [0.1, 0.15) is 0 Å². The zero-order valence-electron chi connectivity index (χ0n) is 8.59. The number of allylic oxidation sites excluding steroid dienone is 5. The predicted octanol–water partition coefficient (Wildman–Crippen LogP) is -4.04. The molecule has 1 heterocycles. The van der Waals surface area contributed by atoms with Gasteiger partial charge in [-0.25, -0.2) is 0 Å². The Labute approximate surface area is 124 Å². The Morgan fingerprint density at radius 2 is 1.80 bits per heavy atom. The molecule has 0 saturated heterocycles. The number of nitrogens with zero attached hydrogens (tertiary/aromatic N) is 1. The summed E-state index contributed by atoms with van der Waals surface area (Å²) in [5, 5.41) is 0. The zero-order valence-corrected chi connectivity index (χ0v) is 13.6. The van der Waals surface area contributed by atoms with E-state index in [2.05, 4.69) is 35.9 Å². The Morgan fingerprint density at radius 1 is 1.13 bits per heavy atom. The van der Waals surface area contributed by atoms with Gasteiger partial charge in [-0.2, -0.15) is 0 Å². The summed E-state index contributed by atoms with van der Waals surface area (Å²) in [6, 6.07) is 0. The van der Waals surface area contributed by atoms with E-state index < -0.39 is 0 Å². The van der Waals surface area contributed by atoms with Gasteiger partial charge in [-0.05, 0) is 17.7 Å². The third kappa shape index (κ3) is 4.44. The summed E-state index contributed by atoms with van der Waals surface area (Å²) in [6.07, 6.45) is 8.26. The van der Waals surface area contributed by atoms with Crippen molar-refractivity contribution in [1.82, 2.24) is 0 Å². The van der Waals surface area contributed by atoms with Gasteiger partial charge in [0.05, 0.1) is 0 Å². The number of hydrogen-bond acceptors (Lipinski definition) is 1. The molecule has 0 saturated carbocycles. The molecule has 0 aromatic carbocycles. The first-order valence-electron chi connectivity index (χ1n) is 4.08. The standard InChI is InChI=1S/C10H11NSi.2ClH.Zr/c1-12(2)7-8-3-9-5-11-6-10(9)4-8;;;/h3-7H,1-2H3;2*1H;/q;;;+2/p-2. The number of fused-ring (bicyclic) bond motifs is 1. The summed E-state index contributed by atoms with van der Waals surface area (Å²) in [5.41, 5.74) is 6.26. The molecule has 1 aliphatic carbocycles. The fourth-order valence-electron chi connectivity index (χ4n) is 1.41. The van der Waals surface area contributed by atoms with Gasteiger partial charge in [0.25, 0.3) is 0 Å². The number of rotatable bonds is 1. The van der Waals surface area contributed by atoms with Gasteiger partial charge < -0.3 is 24.8 Å². The van der Waals surface area contributed by atoms with Crippen LogP contribution in [0.25, 0.3) is 0 Å². The van der Waals surface area contributed by atoms with Crippen molar-refractivity contribution in [2.75, 3.05) is 0 Å². The molecule has 0 radical (unpaired) electrons. The van der Waals surface area contributed by atoms with E-state index in [1.54, 1.807) is 0 Å². The molecule has 0 fully saturated rings. The van der Waals surface area contributed by atoms with Gasteiger partial charge in [-0.15, -0.1) is 0 Å². The second-order valence-electron chi connectivity index (χ2n) is 3.33. The molecule has 5 heteroatoms. The molecule has 0 N–H and O–H groups in total. The van der Waals surface area contributed by atoms with Gasteiger partial charge in [-0.3, -0.25) is 4.99 Å². The van der Waals surface area contributed by atoms with Crippen LogP contribution in [0.4, 0.5) is 0 Å². The van der Waals surface area contributed by atoms with Crippen molar-refractivity contribution < 1.29 is 51.0 Å². The Kier molecular flexibility index (Phi) is 9.11. The van der Waals surface area contributed by atoms with Crippen LogP contribution in [-0.4, -0.2) is 20.3 Å². The first-order chi connectivity index (χ1) is 5.75. The van der Waals surface area contributed by atoms with Crippen molar-refractivity contribution in [2.45, 2.75) is 13.1 Å². The smallest absolute Gasteiger partial charge is 1.00 e. The van der Waals surface area contributed by atoms with Crippen molar-refractivity contribution >= 4 is 20.3 Å². The summed E-state index contributed by atoms with van der Waals surface area (Å²) in [6.45, 7) is 4.58. The maximum absolute atomic E-state index is 4.08. The Hall–Kier alpha value is 0.440.